The summed E-state index contributed by atoms with van der Waals surface area (Å²) in [5.41, 5.74) is 2.54. The van der Waals surface area contributed by atoms with E-state index in [4.69, 9.17) is 9.26 Å². The standard InChI is InChI=1S/C29H36FN4O5/c1-17-14-23(17)29(37)38-16-34(13-9-21-18(2)31-27-24(35)4-3-10-33(27)28(21)36)11-7-19(8-12-34)26-22-6-5-20(30)15-25(22)39-32-26/h5-6,15,17,19,23-24,35H,3-4,7-14,16H2,1-2H3/q+1. The minimum Gasteiger partial charge on any atom is -0.415 e. The summed E-state index contributed by atoms with van der Waals surface area (Å²) < 4.78 is 27.1. The molecule has 10 heteroatoms. The van der Waals surface area contributed by atoms with Gasteiger partial charge in [-0.2, -0.15) is 0 Å². The van der Waals surface area contributed by atoms with E-state index in [1.54, 1.807) is 10.6 Å². The van der Waals surface area contributed by atoms with E-state index in [0.29, 0.717) is 59.0 Å². The predicted octanol–water partition coefficient (Wildman–Crippen LogP) is 3.75. The summed E-state index contributed by atoms with van der Waals surface area (Å²) >= 11 is 0. The average molecular weight is 540 g/mol. The Labute approximate surface area is 226 Å². The molecule has 1 aliphatic carbocycles. The fourth-order valence-electron chi connectivity index (χ4n) is 6.39. The first-order valence-electron chi connectivity index (χ1n) is 14.1. The van der Waals surface area contributed by atoms with Gasteiger partial charge in [0.2, 0.25) is 6.73 Å². The average Bonchev–Trinajstić information content (AvgIpc) is 3.52. The smallest absolute Gasteiger partial charge is 0.313 e. The van der Waals surface area contributed by atoms with Gasteiger partial charge in [0.05, 0.1) is 31.2 Å². The molecule has 2 aromatic heterocycles. The third-order valence-corrected chi connectivity index (χ3v) is 9.14. The molecule has 0 bridgehead atoms. The summed E-state index contributed by atoms with van der Waals surface area (Å²) in [7, 11) is 0. The van der Waals surface area contributed by atoms with Gasteiger partial charge in [-0.15, -0.1) is 0 Å². The first-order valence-corrected chi connectivity index (χ1v) is 14.1. The Morgan fingerprint density at radius 2 is 2.05 bits per heavy atom. The first kappa shape index (κ1) is 26.1. The lowest BCUT2D eigenvalue weighted by Crippen LogP contribution is -2.55. The summed E-state index contributed by atoms with van der Waals surface area (Å²) in [5, 5.41) is 15.5. The van der Waals surface area contributed by atoms with Crippen LogP contribution < -0.4 is 5.56 Å². The normalized spacial score (nSPS) is 28.3. The molecule has 6 rings (SSSR count). The van der Waals surface area contributed by atoms with E-state index in [2.05, 4.69) is 17.1 Å². The molecule has 0 amide bonds. The maximum atomic E-state index is 13.6. The second-order valence-electron chi connectivity index (χ2n) is 11.8. The van der Waals surface area contributed by atoms with Crippen LogP contribution in [0.15, 0.2) is 27.5 Å². The number of aryl methyl sites for hydroxylation is 1. The molecule has 1 saturated heterocycles. The Hall–Kier alpha value is -3.11. The molecular formula is C29H36FN4O5+. The summed E-state index contributed by atoms with van der Waals surface area (Å²) in [5.74, 6) is 0.501. The van der Waals surface area contributed by atoms with Gasteiger partial charge in [-0.05, 0) is 44.2 Å². The van der Waals surface area contributed by atoms with Crippen molar-refractivity contribution in [3.8, 4) is 0 Å². The number of esters is 1. The number of carbonyl (C=O) groups is 1. The summed E-state index contributed by atoms with van der Waals surface area (Å²) in [6.07, 6.45) is 3.67. The van der Waals surface area contributed by atoms with Crippen LogP contribution in [0.5, 0.6) is 0 Å². The molecule has 1 saturated carbocycles. The van der Waals surface area contributed by atoms with E-state index in [1.165, 1.54) is 12.1 Å². The van der Waals surface area contributed by atoms with Gasteiger partial charge < -0.3 is 14.4 Å². The van der Waals surface area contributed by atoms with E-state index in [0.717, 1.165) is 49.9 Å². The zero-order chi connectivity index (χ0) is 27.3. The molecule has 208 valence electrons. The highest BCUT2D eigenvalue weighted by Crippen LogP contribution is 2.39. The Balaban J connectivity index is 1.21. The SMILES string of the molecule is Cc1nc2n(c(=O)c1CC[N+]1(COC(=O)C3CC3C)CCC(c3noc4cc(F)ccc34)CC1)CCCC2O. The molecule has 0 spiro atoms. The Morgan fingerprint density at radius 1 is 1.28 bits per heavy atom. The fourth-order valence-corrected chi connectivity index (χ4v) is 6.39. The van der Waals surface area contributed by atoms with Crippen molar-refractivity contribution in [3.05, 3.63) is 57.1 Å². The van der Waals surface area contributed by atoms with E-state index in [-0.39, 0.29) is 35.9 Å². The number of aromatic nitrogens is 3. The second kappa shape index (κ2) is 10.1. The summed E-state index contributed by atoms with van der Waals surface area (Å²) in [6, 6.07) is 4.51. The topological polar surface area (TPSA) is 107 Å². The monoisotopic (exact) mass is 539 g/mol. The Bertz CT molecular complexity index is 1460. The van der Waals surface area contributed by atoms with Crippen LogP contribution >= 0.6 is 0 Å². The van der Waals surface area contributed by atoms with Gasteiger partial charge in [-0.25, -0.2) is 9.37 Å². The number of aliphatic hydroxyl groups is 1. The number of likely N-dealkylation sites (tertiary alicyclic amines) is 1. The van der Waals surface area contributed by atoms with Crippen molar-refractivity contribution in [2.45, 2.75) is 70.9 Å². The number of nitrogens with zero attached hydrogens (tertiary/aromatic N) is 4. The zero-order valence-electron chi connectivity index (χ0n) is 22.6. The number of piperidine rings is 1. The predicted molar refractivity (Wildman–Crippen MR) is 140 cm³/mol. The molecule has 2 fully saturated rings. The number of benzene rings is 1. The highest BCUT2D eigenvalue weighted by molar-refractivity contribution is 5.80. The number of hydrogen-bond acceptors (Lipinski definition) is 7. The molecule has 0 radical (unpaired) electrons. The summed E-state index contributed by atoms with van der Waals surface area (Å²) in [6.45, 7) is 6.90. The molecule has 1 aromatic carbocycles. The van der Waals surface area contributed by atoms with Crippen LogP contribution in [0, 0.1) is 24.6 Å². The van der Waals surface area contributed by atoms with E-state index in [9.17, 15) is 19.1 Å². The minimum atomic E-state index is -0.704. The Kier molecular flexibility index (Phi) is 6.79. The molecule has 4 heterocycles. The molecule has 1 N–H and O–H groups in total. The number of ether oxygens (including phenoxy) is 1. The van der Waals surface area contributed by atoms with Crippen molar-refractivity contribution in [2.75, 3.05) is 26.4 Å². The van der Waals surface area contributed by atoms with Crippen LogP contribution in [0.2, 0.25) is 0 Å². The fraction of sp³-hybridized carbons (Fsp3) is 0.586. The number of halogens is 1. The molecule has 3 aliphatic rings. The van der Waals surface area contributed by atoms with Crippen LogP contribution in [-0.2, 0) is 22.5 Å². The molecule has 9 nitrogen and oxygen atoms in total. The van der Waals surface area contributed by atoms with Crippen molar-refractivity contribution < 1.29 is 28.0 Å². The van der Waals surface area contributed by atoms with E-state index < -0.39 is 6.10 Å². The largest absolute Gasteiger partial charge is 0.415 e. The molecule has 3 aromatic rings. The van der Waals surface area contributed by atoms with Crippen molar-refractivity contribution in [3.63, 3.8) is 0 Å². The quantitative estimate of drug-likeness (QED) is 0.360. The highest BCUT2D eigenvalue weighted by atomic mass is 19.1. The van der Waals surface area contributed by atoms with Gasteiger partial charge >= 0.3 is 5.97 Å². The van der Waals surface area contributed by atoms with Crippen LogP contribution in [0.1, 0.15) is 73.8 Å². The lowest BCUT2D eigenvalue weighted by atomic mass is 9.90. The van der Waals surface area contributed by atoms with Gasteiger partial charge in [0.25, 0.3) is 5.56 Å². The molecule has 3 unspecified atom stereocenters. The van der Waals surface area contributed by atoms with Crippen LogP contribution in [-0.4, -0.2) is 56.6 Å². The van der Waals surface area contributed by atoms with Crippen LogP contribution in [0.25, 0.3) is 11.0 Å². The lowest BCUT2D eigenvalue weighted by molar-refractivity contribution is -0.948. The number of carbonyl (C=O) groups excluding carboxylic acids is 1. The van der Waals surface area contributed by atoms with Crippen molar-refractivity contribution in [1.29, 1.82) is 0 Å². The number of hydrogen-bond donors (Lipinski definition) is 1. The third-order valence-electron chi connectivity index (χ3n) is 9.14. The number of rotatable bonds is 7. The first-order chi connectivity index (χ1) is 18.7. The maximum absolute atomic E-state index is 13.6. The van der Waals surface area contributed by atoms with Gasteiger partial charge in [-0.3, -0.25) is 18.6 Å². The highest BCUT2D eigenvalue weighted by Gasteiger charge is 2.43. The number of aliphatic hydroxyl groups excluding tert-OH is 1. The minimum absolute atomic E-state index is 0.00681. The van der Waals surface area contributed by atoms with Crippen molar-refractivity contribution in [1.82, 2.24) is 14.7 Å². The molecule has 39 heavy (non-hydrogen) atoms. The van der Waals surface area contributed by atoms with E-state index in [1.807, 2.05) is 6.92 Å². The second-order valence-corrected chi connectivity index (χ2v) is 11.8. The van der Waals surface area contributed by atoms with Crippen molar-refractivity contribution in [2.24, 2.45) is 11.8 Å². The molecular weight excluding hydrogens is 503 g/mol. The zero-order valence-corrected chi connectivity index (χ0v) is 22.6. The third kappa shape index (κ3) is 5.00. The van der Waals surface area contributed by atoms with Gasteiger partial charge in [0, 0.05) is 54.4 Å². The molecule has 2 aliphatic heterocycles. The molecule has 3 atom stereocenters. The van der Waals surface area contributed by atoms with Gasteiger partial charge in [-0.1, -0.05) is 12.1 Å². The maximum Gasteiger partial charge on any atom is 0.313 e. The van der Waals surface area contributed by atoms with Crippen LogP contribution in [0.3, 0.4) is 0 Å². The number of fused-ring (bicyclic) bond motifs is 2. The van der Waals surface area contributed by atoms with Crippen LogP contribution in [0.4, 0.5) is 4.39 Å². The Morgan fingerprint density at radius 3 is 2.79 bits per heavy atom. The van der Waals surface area contributed by atoms with Crippen molar-refractivity contribution >= 4 is 16.9 Å². The van der Waals surface area contributed by atoms with Gasteiger partial charge in [0.15, 0.2) is 5.58 Å². The van der Waals surface area contributed by atoms with Gasteiger partial charge in [0.1, 0.15) is 17.7 Å². The lowest BCUT2D eigenvalue weighted by Gasteiger charge is -2.42. The van der Waals surface area contributed by atoms with E-state index >= 15 is 0 Å². The summed E-state index contributed by atoms with van der Waals surface area (Å²) in [4.78, 5) is 30.6. The number of quaternary nitrogens is 1.